The fraction of sp³-hybridized carbons (Fsp3) is 0.156. The Balaban J connectivity index is 1.33. The van der Waals surface area contributed by atoms with Crippen molar-refractivity contribution in [1.29, 1.82) is 0 Å². The molecule has 0 aliphatic rings. The third kappa shape index (κ3) is 6.69. The number of benzene rings is 4. The summed E-state index contributed by atoms with van der Waals surface area (Å²) >= 11 is 1.71. The number of hydrogen-bond acceptors (Lipinski definition) is 4. The minimum absolute atomic E-state index is 0.279. The highest BCUT2D eigenvalue weighted by Gasteiger charge is 2.19. The van der Waals surface area contributed by atoms with Gasteiger partial charge in [-0.25, -0.2) is 4.98 Å². The van der Waals surface area contributed by atoms with Gasteiger partial charge in [-0.2, -0.15) is 0 Å². The molecular formula is C32H30N2OS. The van der Waals surface area contributed by atoms with Crippen molar-refractivity contribution >= 4 is 11.3 Å². The normalized spacial score (nSPS) is 11.2. The van der Waals surface area contributed by atoms with Crippen LogP contribution in [-0.2, 0) is 19.7 Å². The molecule has 5 rings (SSSR count). The molecule has 4 heteroatoms. The first-order chi connectivity index (χ1) is 17.8. The van der Waals surface area contributed by atoms with Gasteiger partial charge < -0.3 is 4.74 Å². The summed E-state index contributed by atoms with van der Waals surface area (Å²) in [5, 5.41) is 3.19. The molecule has 0 saturated carbocycles. The molecule has 0 atom stereocenters. The van der Waals surface area contributed by atoms with Gasteiger partial charge in [-0.15, -0.1) is 11.3 Å². The quantitative estimate of drug-likeness (QED) is 0.191. The predicted molar refractivity (Wildman–Crippen MR) is 148 cm³/mol. The van der Waals surface area contributed by atoms with Crippen LogP contribution in [0.5, 0.6) is 5.75 Å². The molecule has 0 saturated heterocycles. The molecular weight excluding hydrogens is 460 g/mol. The Morgan fingerprint density at radius 1 is 0.667 bits per heavy atom. The van der Waals surface area contributed by atoms with Crippen molar-refractivity contribution in [3.63, 3.8) is 0 Å². The number of nitrogens with zero attached hydrogens (tertiary/aromatic N) is 2. The van der Waals surface area contributed by atoms with Crippen LogP contribution in [0.1, 0.15) is 33.2 Å². The molecule has 0 bridgehead atoms. The SMILES string of the molecule is c1ccc(COc2ccc(CN(Cc3nccs3)CC(c3ccccc3)c3ccccc3)cc2)cc1. The van der Waals surface area contributed by atoms with Gasteiger partial charge in [0.2, 0.25) is 0 Å². The topological polar surface area (TPSA) is 25.4 Å². The van der Waals surface area contributed by atoms with Crippen LogP contribution < -0.4 is 4.74 Å². The van der Waals surface area contributed by atoms with E-state index in [9.17, 15) is 0 Å². The van der Waals surface area contributed by atoms with Crippen molar-refractivity contribution in [3.05, 3.63) is 154 Å². The summed E-state index contributed by atoms with van der Waals surface area (Å²) in [6.07, 6.45) is 1.89. The standard InChI is InChI=1S/C32H30N2OS/c1-4-10-27(11-5-1)25-35-30-18-16-26(17-19-30)22-34(24-32-33-20-21-36-32)23-31(28-12-6-2-7-13-28)29-14-8-3-9-15-29/h1-21,31H,22-25H2. The third-order valence-corrected chi connectivity index (χ3v) is 7.03. The molecule has 0 N–H and O–H groups in total. The van der Waals surface area contributed by atoms with Gasteiger partial charge in [-0.1, -0.05) is 103 Å². The summed E-state index contributed by atoms with van der Waals surface area (Å²) in [5.41, 5.74) is 5.09. The van der Waals surface area contributed by atoms with Crippen LogP contribution in [0.4, 0.5) is 0 Å². The molecule has 180 valence electrons. The number of hydrogen-bond donors (Lipinski definition) is 0. The van der Waals surface area contributed by atoms with Crippen LogP contribution in [0.2, 0.25) is 0 Å². The molecule has 1 heterocycles. The zero-order valence-electron chi connectivity index (χ0n) is 20.2. The Bertz CT molecular complexity index is 1250. The first-order valence-corrected chi connectivity index (χ1v) is 13.2. The lowest BCUT2D eigenvalue weighted by molar-refractivity contribution is 0.248. The Kier molecular flexibility index (Phi) is 8.19. The largest absolute Gasteiger partial charge is 0.489 e. The Morgan fingerprint density at radius 2 is 1.28 bits per heavy atom. The lowest BCUT2D eigenvalue weighted by Crippen LogP contribution is -2.28. The summed E-state index contributed by atoms with van der Waals surface area (Å²) in [5.74, 6) is 1.17. The van der Waals surface area contributed by atoms with Crippen LogP contribution in [0.3, 0.4) is 0 Å². The van der Waals surface area contributed by atoms with Crippen LogP contribution >= 0.6 is 11.3 Å². The van der Waals surface area contributed by atoms with Crippen LogP contribution in [0.15, 0.2) is 127 Å². The summed E-state index contributed by atoms with van der Waals surface area (Å²) in [6, 6.07) is 40.4. The van der Waals surface area contributed by atoms with Gasteiger partial charge in [0, 0.05) is 30.6 Å². The van der Waals surface area contributed by atoms with Gasteiger partial charge in [-0.3, -0.25) is 4.90 Å². The van der Waals surface area contributed by atoms with E-state index in [-0.39, 0.29) is 5.92 Å². The van der Waals surface area contributed by atoms with Gasteiger partial charge in [-0.05, 0) is 34.4 Å². The first kappa shape index (κ1) is 24.0. The van der Waals surface area contributed by atoms with Crippen molar-refractivity contribution in [3.8, 4) is 5.75 Å². The fourth-order valence-electron chi connectivity index (χ4n) is 4.43. The third-order valence-electron chi connectivity index (χ3n) is 6.26. The van der Waals surface area contributed by atoms with Crippen LogP contribution in [-0.4, -0.2) is 16.4 Å². The van der Waals surface area contributed by atoms with E-state index < -0.39 is 0 Å². The summed E-state index contributed by atoms with van der Waals surface area (Å²) in [7, 11) is 0. The van der Waals surface area contributed by atoms with Crippen molar-refractivity contribution in [2.45, 2.75) is 25.6 Å². The Hall–Kier alpha value is -3.73. The zero-order valence-corrected chi connectivity index (χ0v) is 21.1. The lowest BCUT2D eigenvalue weighted by Gasteiger charge is -2.28. The lowest BCUT2D eigenvalue weighted by atomic mass is 9.90. The van der Waals surface area contributed by atoms with Gasteiger partial charge in [0.15, 0.2) is 0 Å². The fourth-order valence-corrected chi connectivity index (χ4v) is 5.09. The maximum absolute atomic E-state index is 6.00. The molecule has 0 radical (unpaired) electrons. The van der Waals surface area contributed by atoms with Gasteiger partial charge in [0.05, 0.1) is 6.54 Å². The highest BCUT2D eigenvalue weighted by molar-refractivity contribution is 7.09. The summed E-state index contributed by atoms with van der Waals surface area (Å²) in [4.78, 5) is 7.08. The summed E-state index contributed by atoms with van der Waals surface area (Å²) < 4.78 is 6.00. The van der Waals surface area contributed by atoms with E-state index in [4.69, 9.17) is 4.74 Å². The maximum atomic E-state index is 6.00. The second-order valence-corrected chi connectivity index (χ2v) is 9.87. The van der Waals surface area contributed by atoms with E-state index >= 15 is 0 Å². The second-order valence-electron chi connectivity index (χ2n) is 8.89. The van der Waals surface area contributed by atoms with E-state index in [0.717, 1.165) is 30.4 Å². The highest BCUT2D eigenvalue weighted by Crippen LogP contribution is 2.27. The average Bonchev–Trinajstić information content (AvgIpc) is 3.46. The molecule has 1 aromatic heterocycles. The van der Waals surface area contributed by atoms with Crippen LogP contribution in [0, 0.1) is 0 Å². The number of rotatable bonds is 11. The van der Waals surface area contributed by atoms with Crippen molar-refractivity contribution in [1.82, 2.24) is 9.88 Å². The molecule has 0 unspecified atom stereocenters. The molecule has 3 nitrogen and oxygen atoms in total. The maximum Gasteiger partial charge on any atom is 0.119 e. The average molecular weight is 491 g/mol. The molecule has 0 fully saturated rings. The Morgan fingerprint density at radius 3 is 1.86 bits per heavy atom. The van der Waals surface area contributed by atoms with E-state index in [0.29, 0.717) is 6.61 Å². The minimum atomic E-state index is 0.279. The number of ether oxygens (including phenoxy) is 1. The molecule has 0 amide bonds. The highest BCUT2D eigenvalue weighted by atomic mass is 32.1. The molecule has 0 aliphatic heterocycles. The number of aromatic nitrogens is 1. The van der Waals surface area contributed by atoms with Gasteiger partial charge in [0.25, 0.3) is 0 Å². The molecule has 0 spiro atoms. The molecule has 4 aromatic carbocycles. The van der Waals surface area contributed by atoms with Crippen LogP contribution in [0.25, 0.3) is 0 Å². The van der Waals surface area contributed by atoms with Gasteiger partial charge in [0.1, 0.15) is 17.4 Å². The molecule has 36 heavy (non-hydrogen) atoms. The van der Waals surface area contributed by atoms with E-state index in [1.807, 2.05) is 24.4 Å². The van der Waals surface area contributed by atoms with E-state index in [1.165, 1.54) is 22.3 Å². The number of thiazole rings is 1. The first-order valence-electron chi connectivity index (χ1n) is 12.3. The van der Waals surface area contributed by atoms with Crippen molar-refractivity contribution < 1.29 is 4.74 Å². The van der Waals surface area contributed by atoms with Crippen molar-refractivity contribution in [2.75, 3.05) is 6.54 Å². The summed E-state index contributed by atoms with van der Waals surface area (Å²) in [6.45, 7) is 3.14. The van der Waals surface area contributed by atoms with E-state index in [1.54, 1.807) is 11.3 Å². The monoisotopic (exact) mass is 490 g/mol. The molecule has 5 aromatic rings. The van der Waals surface area contributed by atoms with E-state index in [2.05, 4.69) is 112 Å². The van der Waals surface area contributed by atoms with Crippen molar-refractivity contribution in [2.24, 2.45) is 0 Å². The zero-order chi connectivity index (χ0) is 24.4. The minimum Gasteiger partial charge on any atom is -0.489 e. The second kappa shape index (κ2) is 12.3. The molecule has 0 aliphatic carbocycles. The van der Waals surface area contributed by atoms with Gasteiger partial charge >= 0.3 is 0 Å². The predicted octanol–water partition coefficient (Wildman–Crippen LogP) is 7.56. The smallest absolute Gasteiger partial charge is 0.119 e. The Labute approximate surface area is 217 Å².